The normalized spacial score (nSPS) is 14.7. The lowest BCUT2D eigenvalue weighted by atomic mass is 9.92. The Bertz CT molecular complexity index is 715. The maximum absolute atomic E-state index is 6.57. The van der Waals surface area contributed by atoms with Gasteiger partial charge in [0.05, 0.1) is 28.0 Å². The lowest BCUT2D eigenvalue weighted by molar-refractivity contribution is -0.449. The molecule has 0 saturated carbocycles. The summed E-state index contributed by atoms with van der Waals surface area (Å²) in [6.45, 7) is 33.9. The molecule has 0 fully saturated rings. The molecule has 0 aliphatic rings. The monoisotopic (exact) mass is 685 g/mol. The molecule has 0 heterocycles. The van der Waals surface area contributed by atoms with E-state index >= 15 is 0 Å². The number of hydrogen-bond donors (Lipinski definition) is 0. The van der Waals surface area contributed by atoms with E-state index < -0.39 is 5.97 Å². The summed E-state index contributed by atoms with van der Waals surface area (Å²) < 4.78 is 32.7. The number of ether oxygens (including phenoxy) is 5. The van der Waals surface area contributed by atoms with Crippen molar-refractivity contribution in [1.82, 2.24) is 0 Å². The van der Waals surface area contributed by atoms with Gasteiger partial charge in [-0.2, -0.15) is 0 Å². The maximum atomic E-state index is 6.57. The van der Waals surface area contributed by atoms with Gasteiger partial charge in [0, 0.05) is 12.3 Å². The highest BCUT2D eigenvalue weighted by atomic mass is 16.9. The van der Waals surface area contributed by atoms with Gasteiger partial charge < -0.3 is 23.7 Å². The van der Waals surface area contributed by atoms with Gasteiger partial charge in [-0.25, -0.2) is 0 Å². The third-order valence-electron chi connectivity index (χ3n) is 7.95. The van der Waals surface area contributed by atoms with Gasteiger partial charge >= 0.3 is 0 Å². The lowest BCUT2D eigenvalue weighted by Gasteiger charge is -2.45. The molecule has 0 spiro atoms. The fourth-order valence-corrected chi connectivity index (χ4v) is 6.29. The van der Waals surface area contributed by atoms with Crippen LogP contribution in [0.5, 0.6) is 0 Å². The van der Waals surface area contributed by atoms with Gasteiger partial charge in [-0.3, -0.25) is 0 Å². The van der Waals surface area contributed by atoms with Gasteiger partial charge in [0.15, 0.2) is 6.29 Å². The third kappa shape index (κ3) is 29.5. The van der Waals surface area contributed by atoms with Crippen LogP contribution in [-0.4, -0.2) is 40.3 Å². The molecule has 48 heavy (non-hydrogen) atoms. The van der Waals surface area contributed by atoms with E-state index in [1.54, 1.807) is 0 Å². The molecule has 5 nitrogen and oxygen atoms in total. The standard InChI is InChI=1S/C43H88O5/c1-17-18-19-20-24-27-30-33-36(37(44-38(2,3)4)45-39(5,6)7)34-31-28-25-22-21-23-26-29-32-35-43(46-40(8,9)10,47-41(11,12)13)48-42(14,15)16/h36-37H,17-35H2,1-16H3. The van der Waals surface area contributed by atoms with Crippen LogP contribution in [0.4, 0.5) is 0 Å². The molecule has 0 aliphatic heterocycles. The van der Waals surface area contributed by atoms with Crippen LogP contribution in [0.2, 0.25) is 0 Å². The zero-order valence-corrected chi connectivity index (χ0v) is 35.6. The van der Waals surface area contributed by atoms with Crippen molar-refractivity contribution < 1.29 is 23.7 Å². The molecular formula is C43H88O5. The van der Waals surface area contributed by atoms with Gasteiger partial charge in [-0.05, 0) is 123 Å². The molecule has 1 unspecified atom stereocenters. The van der Waals surface area contributed by atoms with Crippen molar-refractivity contribution in [2.75, 3.05) is 0 Å². The molecule has 5 heteroatoms. The van der Waals surface area contributed by atoms with Crippen LogP contribution in [-0.2, 0) is 23.7 Å². The van der Waals surface area contributed by atoms with E-state index in [0.29, 0.717) is 5.92 Å². The minimum absolute atomic E-state index is 0.139. The maximum Gasteiger partial charge on any atom is 0.284 e. The molecule has 290 valence electrons. The number of rotatable bonds is 26. The molecule has 0 rings (SSSR count). The van der Waals surface area contributed by atoms with Gasteiger partial charge in [0.2, 0.25) is 0 Å². The Balaban J connectivity index is 4.82. The molecule has 0 bridgehead atoms. The largest absolute Gasteiger partial charge is 0.347 e. The van der Waals surface area contributed by atoms with Gasteiger partial charge in [0.1, 0.15) is 0 Å². The van der Waals surface area contributed by atoms with Crippen LogP contribution in [0.25, 0.3) is 0 Å². The van der Waals surface area contributed by atoms with Crippen LogP contribution in [0.15, 0.2) is 0 Å². The van der Waals surface area contributed by atoms with Crippen LogP contribution >= 0.6 is 0 Å². The van der Waals surface area contributed by atoms with Gasteiger partial charge in [-0.1, -0.05) is 103 Å². The predicted molar refractivity (Wildman–Crippen MR) is 208 cm³/mol. The summed E-state index contributed by atoms with van der Waals surface area (Å²) in [5, 5.41) is 0. The van der Waals surface area contributed by atoms with E-state index in [9.17, 15) is 0 Å². The summed E-state index contributed by atoms with van der Waals surface area (Å²) in [7, 11) is 0. The van der Waals surface area contributed by atoms with Crippen molar-refractivity contribution in [1.29, 1.82) is 0 Å². The highest BCUT2D eigenvalue weighted by Gasteiger charge is 2.44. The summed E-state index contributed by atoms with van der Waals surface area (Å²) in [6.07, 6.45) is 23.6. The first-order chi connectivity index (χ1) is 21.9. The zero-order chi connectivity index (χ0) is 37.1. The van der Waals surface area contributed by atoms with E-state index in [1.165, 1.54) is 109 Å². The Morgan fingerprint density at radius 1 is 0.354 bits per heavy atom. The fraction of sp³-hybridized carbons (Fsp3) is 1.00. The molecule has 0 aromatic rings. The Kier molecular flexibility index (Phi) is 22.6. The Hall–Kier alpha value is -0.200. The van der Waals surface area contributed by atoms with Crippen molar-refractivity contribution >= 4 is 0 Å². The quantitative estimate of drug-likeness (QED) is 0.0670. The second-order valence-electron chi connectivity index (χ2n) is 19.5. The van der Waals surface area contributed by atoms with E-state index in [-0.39, 0.29) is 34.3 Å². The molecule has 0 aromatic carbocycles. The number of hydrogen-bond acceptors (Lipinski definition) is 5. The van der Waals surface area contributed by atoms with Gasteiger partial charge in [0.25, 0.3) is 5.97 Å². The highest BCUT2D eigenvalue weighted by molar-refractivity contribution is 4.76. The Morgan fingerprint density at radius 3 is 0.938 bits per heavy atom. The topological polar surface area (TPSA) is 46.2 Å². The van der Waals surface area contributed by atoms with Crippen LogP contribution in [0, 0.1) is 5.92 Å². The average Bonchev–Trinajstić information content (AvgIpc) is 2.84. The van der Waals surface area contributed by atoms with Crippen molar-refractivity contribution in [2.24, 2.45) is 5.92 Å². The lowest BCUT2D eigenvalue weighted by Crippen LogP contribution is -2.52. The Labute approximate surface area is 302 Å². The van der Waals surface area contributed by atoms with E-state index in [0.717, 1.165) is 12.8 Å². The molecular weight excluding hydrogens is 596 g/mol. The molecule has 0 aromatic heterocycles. The first-order valence-corrected chi connectivity index (χ1v) is 20.3. The van der Waals surface area contributed by atoms with Crippen molar-refractivity contribution in [3.63, 3.8) is 0 Å². The van der Waals surface area contributed by atoms with E-state index in [2.05, 4.69) is 111 Å². The molecule has 0 radical (unpaired) electrons. The molecule has 0 saturated heterocycles. The SMILES string of the molecule is CCCCCCCCCC(CCCCCCCCCCCC(OC(C)(C)C)(OC(C)(C)C)OC(C)(C)C)C(OC(C)(C)C)OC(C)(C)C. The molecule has 1 atom stereocenters. The smallest absolute Gasteiger partial charge is 0.284 e. The summed E-state index contributed by atoms with van der Waals surface area (Å²) in [4.78, 5) is 0. The molecule has 0 amide bonds. The van der Waals surface area contributed by atoms with Crippen LogP contribution < -0.4 is 0 Å². The second-order valence-corrected chi connectivity index (χ2v) is 19.5. The third-order valence-corrected chi connectivity index (χ3v) is 7.95. The predicted octanol–water partition coefficient (Wildman–Crippen LogP) is 14.1. The molecule has 0 N–H and O–H groups in total. The summed E-state index contributed by atoms with van der Waals surface area (Å²) in [5.74, 6) is -0.589. The first-order valence-electron chi connectivity index (χ1n) is 20.3. The second kappa shape index (κ2) is 22.7. The van der Waals surface area contributed by atoms with Crippen molar-refractivity contribution in [3.8, 4) is 0 Å². The minimum Gasteiger partial charge on any atom is -0.347 e. The highest BCUT2D eigenvalue weighted by Crippen LogP contribution is 2.36. The summed E-state index contributed by atoms with van der Waals surface area (Å²) in [5.41, 5.74) is -1.54. The summed E-state index contributed by atoms with van der Waals surface area (Å²) >= 11 is 0. The van der Waals surface area contributed by atoms with E-state index in [1.807, 2.05) is 0 Å². The number of unbranched alkanes of at least 4 members (excludes halogenated alkanes) is 14. The van der Waals surface area contributed by atoms with Crippen molar-refractivity contribution in [2.45, 2.75) is 273 Å². The molecule has 0 aliphatic carbocycles. The minimum atomic E-state index is -1.05. The van der Waals surface area contributed by atoms with Gasteiger partial charge in [-0.15, -0.1) is 0 Å². The van der Waals surface area contributed by atoms with E-state index in [4.69, 9.17) is 23.7 Å². The van der Waals surface area contributed by atoms with Crippen LogP contribution in [0.3, 0.4) is 0 Å². The summed E-state index contributed by atoms with van der Waals surface area (Å²) in [6, 6.07) is 0. The zero-order valence-electron chi connectivity index (χ0n) is 35.6. The first kappa shape index (κ1) is 47.8. The van der Waals surface area contributed by atoms with Crippen molar-refractivity contribution in [3.05, 3.63) is 0 Å². The van der Waals surface area contributed by atoms with Crippen LogP contribution in [0.1, 0.15) is 233 Å². The Morgan fingerprint density at radius 2 is 0.646 bits per heavy atom. The average molecular weight is 685 g/mol. The fourth-order valence-electron chi connectivity index (χ4n) is 6.29.